The molecule has 0 aliphatic carbocycles. The predicted octanol–water partition coefficient (Wildman–Crippen LogP) is 1.96. The highest BCUT2D eigenvalue weighted by molar-refractivity contribution is 7.11. The molecule has 3 N–H and O–H groups in total. The van der Waals surface area contributed by atoms with Gasteiger partial charge in [0.2, 0.25) is 0 Å². The molecule has 3 heterocycles. The largest absolute Gasteiger partial charge is 0.364 e. The Morgan fingerprint density at radius 1 is 1.55 bits per heavy atom. The molecule has 1 fully saturated rings. The van der Waals surface area contributed by atoms with E-state index in [0.717, 1.165) is 48.9 Å². The molecule has 6 nitrogen and oxygen atoms in total. The molecule has 3 rings (SSSR count). The van der Waals surface area contributed by atoms with Gasteiger partial charge in [-0.15, -0.1) is 11.3 Å². The molecule has 7 heteroatoms. The number of likely N-dealkylation sites (tertiary alicyclic amines) is 1. The van der Waals surface area contributed by atoms with Gasteiger partial charge in [-0.05, 0) is 39.3 Å². The van der Waals surface area contributed by atoms with Crippen molar-refractivity contribution in [3.63, 3.8) is 0 Å². The molecule has 1 aliphatic heterocycles. The van der Waals surface area contributed by atoms with Crippen LogP contribution in [-0.2, 0) is 6.54 Å². The molecule has 0 saturated carbocycles. The van der Waals surface area contributed by atoms with Crippen LogP contribution in [0.25, 0.3) is 0 Å². The van der Waals surface area contributed by atoms with Gasteiger partial charge in [0, 0.05) is 29.6 Å². The summed E-state index contributed by atoms with van der Waals surface area (Å²) in [4.78, 5) is 19.5. The lowest BCUT2D eigenvalue weighted by molar-refractivity contribution is 0.0995. The highest BCUT2D eigenvalue weighted by Crippen LogP contribution is 2.28. The lowest BCUT2D eigenvalue weighted by Gasteiger charge is -2.31. The number of amides is 1. The van der Waals surface area contributed by atoms with E-state index < -0.39 is 5.91 Å². The fourth-order valence-electron chi connectivity index (χ4n) is 3.05. The van der Waals surface area contributed by atoms with E-state index in [4.69, 9.17) is 5.73 Å². The summed E-state index contributed by atoms with van der Waals surface area (Å²) in [7, 11) is 0. The third kappa shape index (κ3) is 3.20. The molecule has 1 amide bonds. The smallest absolute Gasteiger partial charge is 0.269 e. The van der Waals surface area contributed by atoms with E-state index in [2.05, 4.69) is 33.9 Å². The average Bonchev–Trinajstić information content (AvgIpc) is 3.07. The lowest BCUT2D eigenvalue weighted by atomic mass is 9.94. The first-order valence-electron chi connectivity index (χ1n) is 7.53. The average molecular weight is 319 g/mol. The van der Waals surface area contributed by atoms with Crippen LogP contribution in [0.3, 0.4) is 0 Å². The fourth-order valence-corrected chi connectivity index (χ4v) is 4.03. The van der Waals surface area contributed by atoms with Crippen LogP contribution in [0.4, 0.5) is 0 Å². The number of primary amides is 1. The number of aromatic amines is 1. The summed E-state index contributed by atoms with van der Waals surface area (Å²) < 4.78 is 0. The van der Waals surface area contributed by atoms with Crippen LogP contribution in [0.1, 0.15) is 50.5 Å². The molecular weight excluding hydrogens is 298 g/mol. The maximum Gasteiger partial charge on any atom is 0.269 e. The van der Waals surface area contributed by atoms with Crippen LogP contribution in [0.2, 0.25) is 0 Å². The summed E-state index contributed by atoms with van der Waals surface area (Å²) in [6.45, 7) is 7.15. The van der Waals surface area contributed by atoms with Crippen LogP contribution in [-0.4, -0.2) is 39.1 Å². The number of carbonyl (C=O) groups excluding carboxylic acids is 1. The van der Waals surface area contributed by atoms with Gasteiger partial charge in [-0.2, -0.15) is 5.10 Å². The highest BCUT2D eigenvalue weighted by Gasteiger charge is 2.24. The number of H-pyrrole nitrogens is 1. The van der Waals surface area contributed by atoms with Gasteiger partial charge < -0.3 is 5.73 Å². The topological polar surface area (TPSA) is 87.9 Å². The molecule has 22 heavy (non-hydrogen) atoms. The maximum absolute atomic E-state index is 11.2. The number of nitrogens with two attached hydrogens (primary N) is 1. The summed E-state index contributed by atoms with van der Waals surface area (Å²) in [6.07, 6.45) is 2.25. The molecule has 1 saturated heterocycles. The van der Waals surface area contributed by atoms with Crippen molar-refractivity contribution in [3.05, 3.63) is 33.0 Å². The van der Waals surface area contributed by atoms with Crippen molar-refractivity contribution in [1.29, 1.82) is 0 Å². The number of rotatable bonds is 4. The second-order valence-corrected chi connectivity index (χ2v) is 7.18. The van der Waals surface area contributed by atoms with Crippen molar-refractivity contribution in [2.75, 3.05) is 13.1 Å². The van der Waals surface area contributed by atoms with E-state index in [1.165, 1.54) is 4.88 Å². The van der Waals surface area contributed by atoms with Crippen molar-refractivity contribution >= 4 is 17.2 Å². The van der Waals surface area contributed by atoms with Crippen LogP contribution in [0.15, 0.2) is 6.07 Å². The number of hydrogen-bond donors (Lipinski definition) is 2. The van der Waals surface area contributed by atoms with Gasteiger partial charge in [-0.3, -0.25) is 14.8 Å². The van der Waals surface area contributed by atoms with E-state index in [1.807, 2.05) is 0 Å². The number of thiazole rings is 1. The second-order valence-electron chi connectivity index (χ2n) is 5.89. The minimum atomic E-state index is -0.481. The van der Waals surface area contributed by atoms with Crippen molar-refractivity contribution in [2.24, 2.45) is 5.73 Å². The summed E-state index contributed by atoms with van der Waals surface area (Å²) in [5, 5.41) is 8.09. The highest BCUT2D eigenvalue weighted by atomic mass is 32.1. The van der Waals surface area contributed by atoms with Crippen molar-refractivity contribution in [3.8, 4) is 0 Å². The minimum Gasteiger partial charge on any atom is -0.364 e. The third-order valence-electron chi connectivity index (χ3n) is 4.16. The zero-order chi connectivity index (χ0) is 15.7. The van der Waals surface area contributed by atoms with Crippen LogP contribution in [0, 0.1) is 13.8 Å². The Morgan fingerprint density at radius 2 is 2.36 bits per heavy atom. The Bertz CT molecular complexity index is 677. The Kier molecular flexibility index (Phi) is 4.26. The summed E-state index contributed by atoms with van der Waals surface area (Å²) in [5.41, 5.74) is 7.74. The zero-order valence-corrected chi connectivity index (χ0v) is 13.7. The van der Waals surface area contributed by atoms with Gasteiger partial charge in [0.25, 0.3) is 5.91 Å². The standard InChI is InChI=1S/C15H21N5OS/c1-9-14(22-10(2)17-9)8-20-5-3-4-11(7-20)12-6-13(15(16)21)19-18-12/h6,11H,3-5,7-8H2,1-2H3,(H2,16,21)(H,18,19)/t11-/m0/s1. The van der Waals surface area contributed by atoms with Crippen LogP contribution in [0.5, 0.6) is 0 Å². The number of aromatic nitrogens is 3. The molecular formula is C15H21N5OS. The molecule has 0 bridgehead atoms. The first-order chi connectivity index (χ1) is 10.5. The summed E-state index contributed by atoms with van der Waals surface area (Å²) >= 11 is 1.78. The molecule has 1 atom stereocenters. The van der Waals surface area contributed by atoms with Gasteiger partial charge in [0.1, 0.15) is 5.69 Å². The third-order valence-corrected chi connectivity index (χ3v) is 5.22. The molecule has 118 valence electrons. The summed E-state index contributed by atoms with van der Waals surface area (Å²) in [5.74, 6) is -0.102. The molecule has 0 spiro atoms. The first kappa shape index (κ1) is 15.2. The number of nitrogens with zero attached hydrogens (tertiary/aromatic N) is 3. The van der Waals surface area contributed by atoms with E-state index in [1.54, 1.807) is 17.4 Å². The Hall–Kier alpha value is -1.73. The summed E-state index contributed by atoms with van der Waals surface area (Å²) in [6, 6.07) is 1.79. The zero-order valence-electron chi connectivity index (χ0n) is 12.9. The number of aryl methyl sites for hydroxylation is 2. The Labute approximate surface area is 133 Å². The van der Waals surface area contributed by atoms with Gasteiger partial charge in [-0.25, -0.2) is 4.98 Å². The van der Waals surface area contributed by atoms with Gasteiger partial charge in [0.15, 0.2) is 0 Å². The predicted molar refractivity (Wildman–Crippen MR) is 85.9 cm³/mol. The maximum atomic E-state index is 11.2. The number of nitrogens with one attached hydrogen (secondary N) is 1. The van der Waals surface area contributed by atoms with Gasteiger partial charge in [-0.1, -0.05) is 0 Å². The number of hydrogen-bond acceptors (Lipinski definition) is 5. The van der Waals surface area contributed by atoms with Crippen molar-refractivity contribution < 1.29 is 4.79 Å². The quantitative estimate of drug-likeness (QED) is 0.902. The molecule has 0 unspecified atom stereocenters. The van der Waals surface area contributed by atoms with Crippen LogP contribution < -0.4 is 5.73 Å². The number of carbonyl (C=O) groups is 1. The fraction of sp³-hybridized carbons (Fsp3) is 0.533. The minimum absolute atomic E-state index is 0.320. The van der Waals surface area contributed by atoms with E-state index in [9.17, 15) is 4.79 Å². The lowest BCUT2D eigenvalue weighted by Crippen LogP contribution is -2.34. The molecule has 2 aromatic heterocycles. The van der Waals surface area contributed by atoms with Crippen LogP contribution >= 0.6 is 11.3 Å². The molecule has 1 aliphatic rings. The first-order valence-corrected chi connectivity index (χ1v) is 8.35. The molecule has 0 radical (unpaired) electrons. The number of piperidine rings is 1. The van der Waals surface area contributed by atoms with Crippen molar-refractivity contribution in [2.45, 2.75) is 39.2 Å². The SMILES string of the molecule is Cc1nc(C)c(CN2CCC[C@H](c3cc(C(N)=O)n[nH]3)C2)s1. The second kappa shape index (κ2) is 6.18. The normalized spacial score (nSPS) is 19.5. The Morgan fingerprint density at radius 3 is 3.00 bits per heavy atom. The molecule has 2 aromatic rings. The molecule has 0 aromatic carbocycles. The van der Waals surface area contributed by atoms with Crippen molar-refractivity contribution in [1.82, 2.24) is 20.1 Å². The van der Waals surface area contributed by atoms with E-state index >= 15 is 0 Å². The van der Waals surface area contributed by atoms with E-state index in [-0.39, 0.29) is 0 Å². The van der Waals surface area contributed by atoms with Gasteiger partial charge >= 0.3 is 0 Å². The Balaban J connectivity index is 1.68. The van der Waals surface area contributed by atoms with Gasteiger partial charge in [0.05, 0.1) is 10.7 Å². The monoisotopic (exact) mass is 319 g/mol. The van der Waals surface area contributed by atoms with E-state index in [0.29, 0.717) is 11.6 Å².